The predicted octanol–water partition coefficient (Wildman–Crippen LogP) is 14.8. The number of benzene rings is 9. The van der Waals surface area contributed by atoms with Crippen LogP contribution in [-0.4, -0.2) is 19.5 Å². The van der Waals surface area contributed by atoms with E-state index in [1.54, 1.807) is 11.3 Å². The quantitative estimate of drug-likeness (QED) is 0.169. The van der Waals surface area contributed by atoms with Gasteiger partial charge in [0.2, 0.25) is 0 Å². The maximum absolute atomic E-state index is 9.03. The minimum absolute atomic E-state index is 0.0124. The maximum atomic E-state index is 9.03. The smallest absolute Gasteiger partial charge is 0.165 e. The molecule has 3 heterocycles. The molecule has 280 valence electrons. The number of hydrogen-bond acceptors (Lipinski definition) is 4. The number of nitrogens with zero attached hydrogens (tertiary/aromatic N) is 4. The molecule has 0 aliphatic rings. The van der Waals surface area contributed by atoms with Gasteiger partial charge < -0.3 is 4.57 Å². The number of thiophene rings is 1. The molecule has 12 rings (SSSR count). The zero-order valence-corrected chi connectivity index (χ0v) is 32.8. The van der Waals surface area contributed by atoms with Crippen LogP contribution in [0.3, 0.4) is 0 Å². The molecule has 3 aromatic heterocycles. The predicted molar refractivity (Wildman–Crippen MR) is 252 cm³/mol. The molecule has 60 heavy (non-hydrogen) atoms. The molecule has 0 atom stereocenters. The third-order valence-electron chi connectivity index (χ3n) is 11.3. The number of aromatic nitrogens is 4. The van der Waals surface area contributed by atoms with Crippen LogP contribution in [-0.2, 0) is 0 Å². The van der Waals surface area contributed by atoms with Gasteiger partial charge in [-0.05, 0) is 63.4 Å². The largest absolute Gasteiger partial charge is 0.309 e. The van der Waals surface area contributed by atoms with Crippen LogP contribution in [0, 0.1) is 0 Å². The third kappa shape index (κ3) is 5.63. The fraction of sp³-hybridized carbons (Fsp3) is 0. The second-order valence-corrected chi connectivity index (χ2v) is 15.8. The average Bonchev–Trinajstić information content (AvgIpc) is 3.91. The molecule has 5 heteroatoms. The zero-order valence-electron chi connectivity index (χ0n) is 36.9. The van der Waals surface area contributed by atoms with Gasteiger partial charge in [-0.2, -0.15) is 0 Å². The molecule has 0 aliphatic heterocycles. The van der Waals surface area contributed by atoms with Crippen LogP contribution in [0.4, 0.5) is 0 Å². The lowest BCUT2D eigenvalue weighted by Gasteiger charge is -2.14. The number of para-hydroxylation sites is 2. The summed E-state index contributed by atoms with van der Waals surface area (Å²) in [5, 5.41) is 6.66. The summed E-state index contributed by atoms with van der Waals surface area (Å²) in [4.78, 5) is 15.3. The van der Waals surface area contributed by atoms with Crippen molar-refractivity contribution in [3.8, 4) is 62.1 Å². The van der Waals surface area contributed by atoms with Crippen LogP contribution >= 0.6 is 11.3 Å². The van der Waals surface area contributed by atoms with E-state index in [0.717, 1.165) is 86.3 Å². The van der Waals surface area contributed by atoms with Crippen LogP contribution in [0.15, 0.2) is 206 Å². The lowest BCUT2D eigenvalue weighted by Crippen LogP contribution is -2.01. The van der Waals surface area contributed by atoms with Crippen molar-refractivity contribution in [2.75, 3.05) is 0 Å². The van der Waals surface area contributed by atoms with Crippen molar-refractivity contribution in [2.45, 2.75) is 0 Å². The SMILES string of the molecule is [2H]c1c([2H])c([2H])c(-c2nc(-c3ccc(-c4cccc5ccccc45)cc3)nc(-c3cc(-n4c5ccccc5c5ccccc54)cc4c3sc3cccc(-c5ccccc5)c34)n2)c([2H])c1[2H]. The average molecular weight is 788 g/mol. The van der Waals surface area contributed by atoms with Gasteiger partial charge in [-0.25, -0.2) is 15.0 Å². The van der Waals surface area contributed by atoms with Gasteiger partial charge >= 0.3 is 0 Å². The summed E-state index contributed by atoms with van der Waals surface area (Å²) in [5.41, 5.74) is 8.62. The molecule has 0 amide bonds. The van der Waals surface area contributed by atoms with E-state index < -0.39 is 18.1 Å². The Labute approximate surface area is 357 Å². The molecule has 0 bridgehead atoms. The lowest BCUT2D eigenvalue weighted by molar-refractivity contribution is 1.07. The first-order valence-corrected chi connectivity index (χ1v) is 20.6. The van der Waals surface area contributed by atoms with Crippen LogP contribution in [0.1, 0.15) is 6.85 Å². The Morgan fingerprint density at radius 3 is 1.77 bits per heavy atom. The molecule has 0 saturated carbocycles. The summed E-state index contributed by atoms with van der Waals surface area (Å²) in [6.45, 7) is 0. The topological polar surface area (TPSA) is 43.6 Å². The van der Waals surface area contributed by atoms with E-state index in [-0.39, 0.29) is 23.5 Å². The first-order valence-electron chi connectivity index (χ1n) is 22.3. The van der Waals surface area contributed by atoms with Gasteiger partial charge in [-0.1, -0.05) is 176 Å². The summed E-state index contributed by atoms with van der Waals surface area (Å²) < 4.78 is 48.0. The van der Waals surface area contributed by atoms with E-state index >= 15 is 0 Å². The minimum atomic E-state index is -0.484. The van der Waals surface area contributed by atoms with Crippen LogP contribution in [0.5, 0.6) is 0 Å². The van der Waals surface area contributed by atoms with Crippen LogP contribution < -0.4 is 0 Å². The minimum Gasteiger partial charge on any atom is -0.309 e. The Bertz CT molecular complexity index is 3810. The van der Waals surface area contributed by atoms with Gasteiger partial charge in [0, 0.05) is 53.3 Å². The number of rotatable bonds is 6. The molecular weight excluding hydrogens is 749 g/mol. The molecule has 0 aliphatic carbocycles. The van der Waals surface area contributed by atoms with E-state index in [1.165, 1.54) is 0 Å². The van der Waals surface area contributed by atoms with Crippen LogP contribution in [0.2, 0.25) is 0 Å². The first kappa shape index (κ1) is 29.5. The highest BCUT2D eigenvalue weighted by Gasteiger charge is 2.22. The van der Waals surface area contributed by atoms with Crippen molar-refractivity contribution in [2.24, 2.45) is 0 Å². The molecule has 0 unspecified atom stereocenters. The summed E-state index contributed by atoms with van der Waals surface area (Å²) in [7, 11) is 0. The number of hydrogen-bond donors (Lipinski definition) is 0. The molecule has 0 radical (unpaired) electrons. The Balaban J connectivity index is 1.16. The second kappa shape index (κ2) is 14.0. The highest BCUT2D eigenvalue weighted by molar-refractivity contribution is 7.26. The van der Waals surface area contributed by atoms with Crippen molar-refractivity contribution in [1.82, 2.24) is 19.5 Å². The van der Waals surface area contributed by atoms with E-state index in [1.807, 2.05) is 42.5 Å². The van der Waals surface area contributed by atoms with E-state index in [4.69, 9.17) is 21.8 Å². The van der Waals surface area contributed by atoms with Crippen molar-refractivity contribution in [3.63, 3.8) is 0 Å². The molecule has 0 fully saturated rings. The standard InChI is InChI=1S/C55H34N4S/c1-3-15-36(16-4-1)43-25-14-28-50-51(43)46-33-40(59-48-26-11-9-22-44(48)45-23-10-12-27-49(45)59)34-47(52(46)60-50)55-57-53(38-18-5-2-6-19-38)56-54(58-55)39-31-29-37(30-32-39)42-24-13-20-35-17-7-8-21-41(35)42/h1-34H/i2D,5D,6D,18D,19D. The van der Waals surface area contributed by atoms with Gasteiger partial charge in [0.05, 0.1) is 17.9 Å². The second-order valence-electron chi connectivity index (χ2n) is 14.8. The van der Waals surface area contributed by atoms with Crippen molar-refractivity contribution in [1.29, 1.82) is 0 Å². The molecule has 0 saturated heterocycles. The molecular formula is C55H34N4S. The highest BCUT2D eigenvalue weighted by atomic mass is 32.1. The Hall–Kier alpha value is -7.73. The number of fused-ring (bicyclic) bond motifs is 7. The van der Waals surface area contributed by atoms with E-state index in [0.29, 0.717) is 17.2 Å². The van der Waals surface area contributed by atoms with Gasteiger partial charge in [-0.3, -0.25) is 0 Å². The fourth-order valence-corrected chi connectivity index (χ4v) is 9.86. The van der Waals surface area contributed by atoms with Gasteiger partial charge in [-0.15, -0.1) is 11.3 Å². The normalized spacial score (nSPS) is 12.8. The summed E-state index contributed by atoms with van der Waals surface area (Å²) >= 11 is 1.65. The van der Waals surface area contributed by atoms with Crippen molar-refractivity contribution >= 4 is 64.1 Å². The lowest BCUT2D eigenvalue weighted by atomic mass is 9.97. The first-order chi connectivity index (χ1) is 31.8. The fourth-order valence-electron chi connectivity index (χ4n) is 8.64. The van der Waals surface area contributed by atoms with Crippen LogP contribution in [0.25, 0.3) is 115 Å². The van der Waals surface area contributed by atoms with Gasteiger partial charge in [0.1, 0.15) is 0 Å². The van der Waals surface area contributed by atoms with Gasteiger partial charge in [0.25, 0.3) is 0 Å². The summed E-state index contributed by atoms with van der Waals surface area (Å²) in [6.07, 6.45) is 0. The van der Waals surface area contributed by atoms with E-state index in [9.17, 15) is 0 Å². The summed E-state index contributed by atoms with van der Waals surface area (Å²) in [6, 6.07) is 58.4. The van der Waals surface area contributed by atoms with Crippen molar-refractivity contribution < 1.29 is 6.85 Å². The van der Waals surface area contributed by atoms with Gasteiger partial charge in [0.15, 0.2) is 17.5 Å². The van der Waals surface area contributed by atoms with E-state index in [2.05, 4.69) is 138 Å². The Morgan fingerprint density at radius 1 is 0.417 bits per heavy atom. The molecule has 9 aromatic carbocycles. The Kier molecular flexibility index (Phi) is 6.87. The zero-order chi connectivity index (χ0) is 43.9. The van der Waals surface area contributed by atoms with Crippen molar-refractivity contribution in [3.05, 3.63) is 206 Å². The molecule has 0 spiro atoms. The highest BCUT2D eigenvalue weighted by Crippen LogP contribution is 2.46. The monoisotopic (exact) mass is 787 g/mol. The maximum Gasteiger partial charge on any atom is 0.165 e. The Morgan fingerprint density at radius 2 is 1.00 bits per heavy atom. The third-order valence-corrected chi connectivity index (χ3v) is 12.6. The molecule has 0 N–H and O–H groups in total. The molecule has 12 aromatic rings. The summed E-state index contributed by atoms with van der Waals surface area (Å²) in [5.74, 6) is 0.611. The molecule has 4 nitrogen and oxygen atoms in total.